The summed E-state index contributed by atoms with van der Waals surface area (Å²) in [6, 6.07) is 4.66. The lowest BCUT2D eigenvalue weighted by molar-refractivity contribution is -0.152. The van der Waals surface area contributed by atoms with E-state index in [0.717, 1.165) is 0 Å². The summed E-state index contributed by atoms with van der Waals surface area (Å²) < 4.78 is 14.9. The third kappa shape index (κ3) is 5.29. The standard InChI is InChI=1S/C21H21Cl2NO6/c1-5-6-16(25)29-10-30-21(27)18-12(3)24-11(2)17(20(26)28-4)19(18)14-8-7-13(22)9-15(14)23/h7-9H,5-6,10H2,1-4H3. The van der Waals surface area contributed by atoms with Crippen molar-refractivity contribution in [1.82, 2.24) is 4.98 Å². The van der Waals surface area contributed by atoms with Gasteiger partial charge in [0, 0.05) is 27.6 Å². The van der Waals surface area contributed by atoms with E-state index in [-0.39, 0.29) is 28.1 Å². The first kappa shape index (κ1) is 23.6. The fourth-order valence-corrected chi connectivity index (χ4v) is 3.41. The third-order valence-electron chi connectivity index (χ3n) is 4.22. The summed E-state index contributed by atoms with van der Waals surface area (Å²) in [5, 5.41) is 0.610. The molecule has 0 aliphatic rings. The second-order valence-electron chi connectivity index (χ2n) is 6.34. The van der Waals surface area contributed by atoms with Crippen LogP contribution >= 0.6 is 23.2 Å². The summed E-state index contributed by atoms with van der Waals surface area (Å²) in [4.78, 5) is 41.2. The SMILES string of the molecule is CCCC(=O)OCOC(=O)c1c(C)nc(C)c(C(=O)OC)c1-c1ccc(Cl)cc1Cl. The highest BCUT2D eigenvalue weighted by atomic mass is 35.5. The van der Waals surface area contributed by atoms with Crippen LogP contribution in [0.25, 0.3) is 11.1 Å². The van der Waals surface area contributed by atoms with Crippen LogP contribution in [0.5, 0.6) is 0 Å². The molecule has 0 fully saturated rings. The molecule has 0 amide bonds. The number of esters is 3. The number of aromatic nitrogens is 1. The number of benzene rings is 1. The molecule has 0 saturated carbocycles. The Bertz CT molecular complexity index is 990. The molecule has 0 aliphatic carbocycles. The van der Waals surface area contributed by atoms with Gasteiger partial charge in [-0.15, -0.1) is 0 Å². The van der Waals surface area contributed by atoms with Crippen LogP contribution in [0.4, 0.5) is 0 Å². The number of halogens is 2. The number of nitrogens with zero attached hydrogens (tertiary/aromatic N) is 1. The van der Waals surface area contributed by atoms with Crippen LogP contribution in [0.1, 0.15) is 51.9 Å². The van der Waals surface area contributed by atoms with Gasteiger partial charge in [0.25, 0.3) is 0 Å². The van der Waals surface area contributed by atoms with Gasteiger partial charge >= 0.3 is 17.9 Å². The molecule has 7 nitrogen and oxygen atoms in total. The van der Waals surface area contributed by atoms with E-state index in [2.05, 4.69) is 4.98 Å². The number of pyridine rings is 1. The molecule has 1 heterocycles. The first-order valence-corrected chi connectivity index (χ1v) is 9.84. The minimum atomic E-state index is -0.824. The largest absolute Gasteiger partial charge is 0.465 e. The van der Waals surface area contributed by atoms with E-state index >= 15 is 0 Å². The van der Waals surface area contributed by atoms with Gasteiger partial charge in [0.05, 0.1) is 29.6 Å². The van der Waals surface area contributed by atoms with E-state index in [1.165, 1.54) is 13.2 Å². The molecule has 1 aromatic carbocycles. The van der Waals surface area contributed by atoms with Gasteiger partial charge in [0.2, 0.25) is 6.79 Å². The van der Waals surface area contributed by atoms with Crippen molar-refractivity contribution in [2.24, 2.45) is 0 Å². The fourth-order valence-electron chi connectivity index (χ4n) is 2.91. The van der Waals surface area contributed by atoms with Gasteiger partial charge in [0.15, 0.2) is 0 Å². The number of ether oxygens (including phenoxy) is 3. The number of hydrogen-bond acceptors (Lipinski definition) is 7. The van der Waals surface area contributed by atoms with Gasteiger partial charge in [-0.25, -0.2) is 9.59 Å². The van der Waals surface area contributed by atoms with Crippen molar-refractivity contribution in [2.75, 3.05) is 13.9 Å². The lowest BCUT2D eigenvalue weighted by Crippen LogP contribution is -2.18. The maximum Gasteiger partial charge on any atom is 0.343 e. The maximum absolute atomic E-state index is 12.9. The first-order chi connectivity index (χ1) is 14.2. The van der Waals surface area contributed by atoms with E-state index in [1.807, 2.05) is 6.92 Å². The normalized spacial score (nSPS) is 10.5. The Morgan fingerprint density at radius 1 is 1.00 bits per heavy atom. The van der Waals surface area contributed by atoms with Crippen LogP contribution in [0.3, 0.4) is 0 Å². The number of carbonyl (C=O) groups is 3. The summed E-state index contributed by atoms with van der Waals surface area (Å²) in [5.41, 5.74) is 1.33. The Morgan fingerprint density at radius 3 is 2.20 bits per heavy atom. The van der Waals surface area contributed by atoms with E-state index in [4.69, 9.17) is 37.4 Å². The molecule has 0 spiro atoms. The van der Waals surface area contributed by atoms with Crippen molar-refractivity contribution in [3.63, 3.8) is 0 Å². The van der Waals surface area contributed by atoms with Gasteiger partial charge in [-0.3, -0.25) is 9.78 Å². The Balaban J connectivity index is 2.60. The minimum Gasteiger partial charge on any atom is -0.465 e. The van der Waals surface area contributed by atoms with Gasteiger partial charge in [-0.2, -0.15) is 0 Å². The lowest BCUT2D eigenvalue weighted by atomic mass is 9.92. The molecular weight excluding hydrogens is 433 g/mol. The highest BCUT2D eigenvalue weighted by Crippen LogP contribution is 2.37. The average molecular weight is 454 g/mol. The predicted octanol–water partition coefficient (Wildman–Crippen LogP) is 4.92. The highest BCUT2D eigenvalue weighted by molar-refractivity contribution is 6.36. The molecule has 2 aromatic rings. The van der Waals surface area contributed by atoms with Crippen molar-refractivity contribution >= 4 is 41.1 Å². The molecule has 0 atom stereocenters. The molecule has 9 heteroatoms. The predicted molar refractivity (Wildman–Crippen MR) is 112 cm³/mol. The molecule has 0 bridgehead atoms. The monoisotopic (exact) mass is 453 g/mol. The third-order valence-corrected chi connectivity index (χ3v) is 4.76. The minimum absolute atomic E-state index is 0.0109. The van der Waals surface area contributed by atoms with Crippen LogP contribution in [0.2, 0.25) is 10.0 Å². The molecule has 0 aliphatic heterocycles. The van der Waals surface area contributed by atoms with E-state index in [9.17, 15) is 14.4 Å². The van der Waals surface area contributed by atoms with Crippen LogP contribution in [0, 0.1) is 13.8 Å². The van der Waals surface area contributed by atoms with Crippen LogP contribution in [-0.2, 0) is 19.0 Å². The molecule has 0 unspecified atom stereocenters. The molecule has 1 aromatic heterocycles. The molecule has 30 heavy (non-hydrogen) atoms. The molecular formula is C21H21Cl2NO6. The van der Waals surface area contributed by atoms with Crippen molar-refractivity contribution in [2.45, 2.75) is 33.6 Å². The lowest BCUT2D eigenvalue weighted by Gasteiger charge is -2.18. The Hall–Kier alpha value is -2.64. The quantitative estimate of drug-likeness (QED) is 0.433. The number of aryl methyl sites for hydroxylation is 2. The Kier molecular flexibility index (Phi) is 8.20. The van der Waals surface area contributed by atoms with E-state index < -0.39 is 24.7 Å². The highest BCUT2D eigenvalue weighted by Gasteiger charge is 2.29. The number of hydrogen-bond donors (Lipinski definition) is 0. The number of methoxy groups -OCH3 is 1. The Labute approximate surface area is 184 Å². The zero-order valence-corrected chi connectivity index (χ0v) is 18.5. The van der Waals surface area contributed by atoms with Crippen molar-refractivity contribution in [1.29, 1.82) is 0 Å². The van der Waals surface area contributed by atoms with Gasteiger partial charge < -0.3 is 14.2 Å². The van der Waals surface area contributed by atoms with Crippen LogP contribution in [-0.4, -0.2) is 36.8 Å². The van der Waals surface area contributed by atoms with Gasteiger partial charge in [0.1, 0.15) is 0 Å². The maximum atomic E-state index is 12.9. The summed E-state index contributed by atoms with van der Waals surface area (Å²) >= 11 is 12.4. The molecule has 2 rings (SSSR count). The van der Waals surface area contributed by atoms with Crippen LogP contribution in [0.15, 0.2) is 18.2 Å². The summed E-state index contributed by atoms with van der Waals surface area (Å²) in [5.74, 6) is -2.00. The molecule has 0 N–H and O–H groups in total. The molecule has 160 valence electrons. The topological polar surface area (TPSA) is 91.8 Å². The second kappa shape index (κ2) is 10.4. The first-order valence-electron chi connectivity index (χ1n) is 9.08. The second-order valence-corrected chi connectivity index (χ2v) is 7.18. The average Bonchev–Trinajstić information content (AvgIpc) is 2.67. The zero-order chi connectivity index (χ0) is 22.4. The van der Waals surface area contributed by atoms with Crippen molar-refractivity contribution in [3.8, 4) is 11.1 Å². The summed E-state index contributed by atoms with van der Waals surface area (Å²) in [6.45, 7) is 4.48. The van der Waals surface area contributed by atoms with Crippen LogP contribution < -0.4 is 0 Å². The van der Waals surface area contributed by atoms with E-state index in [1.54, 1.807) is 26.0 Å². The van der Waals surface area contributed by atoms with Crippen molar-refractivity contribution in [3.05, 3.63) is 50.8 Å². The van der Waals surface area contributed by atoms with Gasteiger partial charge in [-0.1, -0.05) is 36.2 Å². The van der Waals surface area contributed by atoms with Crippen molar-refractivity contribution < 1.29 is 28.6 Å². The molecule has 0 radical (unpaired) electrons. The number of rotatable bonds is 7. The van der Waals surface area contributed by atoms with Gasteiger partial charge in [-0.05, 0) is 32.4 Å². The fraction of sp³-hybridized carbons (Fsp3) is 0.333. The number of carbonyl (C=O) groups excluding carboxylic acids is 3. The van der Waals surface area contributed by atoms with E-state index in [0.29, 0.717) is 28.4 Å². The summed E-state index contributed by atoms with van der Waals surface area (Å²) in [6.07, 6.45) is 0.816. The zero-order valence-electron chi connectivity index (χ0n) is 17.0. The molecule has 0 saturated heterocycles. The summed E-state index contributed by atoms with van der Waals surface area (Å²) in [7, 11) is 1.22. The smallest absolute Gasteiger partial charge is 0.343 e. The Morgan fingerprint density at radius 2 is 1.63 bits per heavy atom.